The van der Waals surface area contributed by atoms with Crippen LogP contribution < -0.4 is 9.44 Å². The number of aliphatic hydroxyl groups is 2. The highest BCUT2D eigenvalue weighted by Crippen LogP contribution is 2.23. The van der Waals surface area contributed by atoms with Crippen LogP contribution in [0.2, 0.25) is 0 Å². The van der Waals surface area contributed by atoms with E-state index in [2.05, 4.69) is 60.6 Å². The van der Waals surface area contributed by atoms with Crippen molar-refractivity contribution in [3.05, 3.63) is 72.1 Å². The number of hydrogen-bond acceptors (Lipinski definition) is 10. The molecule has 0 amide bonds. The van der Waals surface area contributed by atoms with Gasteiger partial charge in [0, 0.05) is 18.9 Å². The number of aliphatic hydroxyl groups excluding tert-OH is 2. The van der Waals surface area contributed by atoms with Gasteiger partial charge < -0.3 is 10.2 Å². The summed E-state index contributed by atoms with van der Waals surface area (Å²) in [7, 11) is -7.62. The van der Waals surface area contributed by atoms with Gasteiger partial charge >= 0.3 is 0 Å². The van der Waals surface area contributed by atoms with Gasteiger partial charge in [-0.1, -0.05) is 45.0 Å². The third-order valence-electron chi connectivity index (χ3n) is 6.50. The van der Waals surface area contributed by atoms with Gasteiger partial charge in [0.2, 0.25) is 0 Å². The number of benzene rings is 1. The number of sulfonamides is 2. The van der Waals surface area contributed by atoms with Crippen molar-refractivity contribution in [2.45, 2.75) is 61.9 Å². The zero-order valence-corrected chi connectivity index (χ0v) is 25.6. The van der Waals surface area contributed by atoms with Gasteiger partial charge in [0.05, 0.1) is 29.5 Å². The van der Waals surface area contributed by atoms with Gasteiger partial charge in [0.25, 0.3) is 20.0 Å². The highest BCUT2D eigenvalue weighted by Gasteiger charge is 2.26. The SMILES string of the molecule is CC(C)(C)c1ccc(CNS(=O)(=O)c2[nH]nc3ncccc23)cc1.C[C@@H](O)[C@@H](CO)NS(=O)(=O)c1[nH]nc2ncccc12. The number of H-pyrrole nitrogens is 2. The number of aromatic nitrogens is 6. The minimum absolute atomic E-state index is 0.0388. The second-order valence-corrected chi connectivity index (χ2v) is 14.1. The van der Waals surface area contributed by atoms with Crippen LogP contribution >= 0.6 is 0 Å². The third kappa shape index (κ3) is 7.59. The Labute approximate surface area is 249 Å². The van der Waals surface area contributed by atoms with E-state index in [0.29, 0.717) is 16.4 Å². The van der Waals surface area contributed by atoms with Gasteiger partial charge in [-0.25, -0.2) is 36.2 Å². The van der Waals surface area contributed by atoms with Crippen LogP contribution in [0.5, 0.6) is 0 Å². The van der Waals surface area contributed by atoms with Gasteiger partial charge in [-0.15, -0.1) is 0 Å². The fourth-order valence-corrected chi connectivity index (χ4v) is 6.50. The Hall–Kier alpha value is -3.80. The summed E-state index contributed by atoms with van der Waals surface area (Å²) in [5, 5.41) is 31.8. The van der Waals surface area contributed by atoms with Crippen molar-refractivity contribution >= 4 is 42.1 Å². The summed E-state index contributed by atoms with van der Waals surface area (Å²) in [4.78, 5) is 7.95. The van der Waals surface area contributed by atoms with Crippen LogP contribution in [-0.2, 0) is 32.0 Å². The third-order valence-corrected chi connectivity index (χ3v) is 9.33. The van der Waals surface area contributed by atoms with Gasteiger partial charge in [0.15, 0.2) is 21.3 Å². The summed E-state index contributed by atoms with van der Waals surface area (Å²) in [6.07, 6.45) is 2.05. The summed E-state index contributed by atoms with van der Waals surface area (Å²) in [6.45, 7) is 7.51. The zero-order chi connectivity index (χ0) is 31.4. The number of rotatable bonds is 9. The number of pyridine rings is 2. The van der Waals surface area contributed by atoms with Crippen molar-refractivity contribution in [2.75, 3.05) is 6.61 Å². The molecule has 0 aliphatic carbocycles. The Morgan fingerprint density at radius 3 is 1.81 bits per heavy atom. The molecule has 0 fully saturated rings. The molecule has 43 heavy (non-hydrogen) atoms. The molecule has 16 heteroatoms. The van der Waals surface area contributed by atoms with Gasteiger partial charge in [-0.05, 0) is 47.7 Å². The van der Waals surface area contributed by atoms with E-state index in [-0.39, 0.29) is 27.7 Å². The molecule has 0 bridgehead atoms. The van der Waals surface area contributed by atoms with E-state index in [9.17, 15) is 21.9 Å². The number of nitrogens with one attached hydrogen (secondary N) is 4. The van der Waals surface area contributed by atoms with Crippen molar-refractivity contribution in [3.63, 3.8) is 0 Å². The Morgan fingerprint density at radius 1 is 0.837 bits per heavy atom. The quantitative estimate of drug-likeness (QED) is 0.139. The van der Waals surface area contributed by atoms with E-state index in [1.165, 1.54) is 18.7 Å². The lowest BCUT2D eigenvalue weighted by molar-refractivity contribution is 0.115. The van der Waals surface area contributed by atoms with Crippen LogP contribution in [0.1, 0.15) is 38.8 Å². The van der Waals surface area contributed by atoms with Gasteiger partial charge in [-0.2, -0.15) is 10.2 Å². The van der Waals surface area contributed by atoms with Crippen LogP contribution in [0.15, 0.2) is 71.0 Å². The van der Waals surface area contributed by atoms with Crippen LogP contribution in [0, 0.1) is 0 Å². The lowest BCUT2D eigenvalue weighted by Crippen LogP contribution is -2.44. The van der Waals surface area contributed by atoms with E-state index >= 15 is 0 Å². The second-order valence-electron chi connectivity index (χ2n) is 10.8. The van der Waals surface area contributed by atoms with Crippen LogP contribution in [0.3, 0.4) is 0 Å². The first-order chi connectivity index (χ1) is 20.2. The smallest absolute Gasteiger partial charge is 0.258 e. The number of nitrogens with zero attached hydrogens (tertiary/aromatic N) is 4. The zero-order valence-electron chi connectivity index (χ0n) is 24.0. The fraction of sp³-hybridized carbons (Fsp3) is 0.333. The number of fused-ring (bicyclic) bond motifs is 2. The minimum atomic E-state index is -3.93. The number of hydrogen-bond donors (Lipinski definition) is 6. The summed E-state index contributed by atoms with van der Waals surface area (Å²) in [6, 6.07) is 13.5. The molecule has 230 valence electrons. The molecule has 5 aromatic rings. The van der Waals surface area contributed by atoms with Crippen LogP contribution in [0.4, 0.5) is 0 Å². The van der Waals surface area contributed by atoms with Crippen molar-refractivity contribution in [3.8, 4) is 0 Å². The van der Waals surface area contributed by atoms with E-state index in [1.54, 1.807) is 30.5 Å². The molecular weight excluding hydrogens is 596 g/mol. The molecule has 0 saturated carbocycles. The van der Waals surface area contributed by atoms with E-state index in [0.717, 1.165) is 5.56 Å². The normalized spacial score (nSPS) is 13.9. The predicted octanol–water partition coefficient (Wildman–Crippen LogP) is 1.71. The lowest BCUT2D eigenvalue weighted by atomic mass is 9.87. The lowest BCUT2D eigenvalue weighted by Gasteiger charge is -2.19. The molecule has 5 rings (SSSR count). The van der Waals surface area contributed by atoms with E-state index < -0.39 is 38.8 Å². The Bertz CT molecular complexity index is 1900. The molecule has 0 unspecified atom stereocenters. The predicted molar refractivity (Wildman–Crippen MR) is 160 cm³/mol. The Balaban J connectivity index is 0.000000203. The molecule has 0 spiro atoms. The fourth-order valence-electron chi connectivity index (χ4n) is 3.98. The first-order valence-corrected chi connectivity index (χ1v) is 16.2. The summed E-state index contributed by atoms with van der Waals surface area (Å²) in [5.74, 6) is 0. The average Bonchev–Trinajstić information content (AvgIpc) is 3.61. The average molecular weight is 631 g/mol. The molecule has 1 aromatic carbocycles. The monoisotopic (exact) mass is 630 g/mol. The van der Waals surface area contributed by atoms with Crippen LogP contribution in [-0.4, -0.2) is 76.2 Å². The molecular formula is C27H34N8O6S2. The molecule has 0 radical (unpaired) electrons. The maximum absolute atomic E-state index is 12.5. The molecule has 0 saturated heterocycles. The molecule has 6 N–H and O–H groups in total. The first kappa shape index (κ1) is 32.1. The molecule has 14 nitrogen and oxygen atoms in total. The molecule has 2 atom stereocenters. The summed E-state index contributed by atoms with van der Waals surface area (Å²) < 4.78 is 54.1. The van der Waals surface area contributed by atoms with E-state index in [4.69, 9.17) is 5.11 Å². The Morgan fingerprint density at radius 2 is 1.35 bits per heavy atom. The Kier molecular flexibility index (Phi) is 9.58. The first-order valence-electron chi connectivity index (χ1n) is 13.2. The molecule has 4 heterocycles. The highest BCUT2D eigenvalue weighted by atomic mass is 32.2. The molecule has 0 aliphatic rings. The van der Waals surface area contributed by atoms with E-state index in [1.807, 2.05) is 24.3 Å². The second kappa shape index (κ2) is 12.8. The standard InChI is InChI=1S/C17H20N4O2S.C10H14N4O4S/c1-17(2,3)13-8-6-12(7-9-13)11-19-24(22,23)16-14-5-4-10-18-15(14)20-21-16;1-6(16)8(5-15)14-19(17,18)10-7-3-2-4-11-9(7)12-13-10/h4-10,19H,11H2,1-3H3,(H,18,20,21);2-4,6,8,14-16H,5H2,1H3,(H,11,12,13)/t;6-,8-/m.1/s1. The van der Waals surface area contributed by atoms with Gasteiger partial charge in [0.1, 0.15) is 0 Å². The summed E-state index contributed by atoms with van der Waals surface area (Å²) >= 11 is 0. The topological polar surface area (TPSA) is 216 Å². The largest absolute Gasteiger partial charge is 0.395 e. The number of aromatic amines is 2. The van der Waals surface area contributed by atoms with Crippen molar-refractivity contribution < 1.29 is 27.0 Å². The minimum Gasteiger partial charge on any atom is -0.395 e. The highest BCUT2D eigenvalue weighted by molar-refractivity contribution is 7.90. The molecule has 4 aromatic heterocycles. The van der Waals surface area contributed by atoms with Crippen molar-refractivity contribution in [1.82, 2.24) is 39.8 Å². The van der Waals surface area contributed by atoms with Crippen molar-refractivity contribution in [1.29, 1.82) is 0 Å². The maximum Gasteiger partial charge on any atom is 0.258 e. The molecule has 0 aliphatic heterocycles. The van der Waals surface area contributed by atoms with Crippen molar-refractivity contribution in [2.24, 2.45) is 0 Å². The summed E-state index contributed by atoms with van der Waals surface area (Å²) in [5.41, 5.74) is 2.83. The maximum atomic E-state index is 12.5. The van der Waals surface area contributed by atoms with Gasteiger partial charge in [-0.3, -0.25) is 10.2 Å². The van der Waals surface area contributed by atoms with Crippen LogP contribution in [0.25, 0.3) is 22.1 Å².